The maximum absolute atomic E-state index is 12.3. The van der Waals surface area contributed by atoms with Gasteiger partial charge in [0.25, 0.3) is 0 Å². The van der Waals surface area contributed by atoms with Gasteiger partial charge in [-0.15, -0.1) is 0 Å². The molecule has 2 aromatic rings. The Morgan fingerprint density at radius 2 is 2.04 bits per heavy atom. The maximum atomic E-state index is 12.3. The lowest BCUT2D eigenvalue weighted by Crippen LogP contribution is -2.32. The smallest absolute Gasteiger partial charge is 0.215 e. The van der Waals surface area contributed by atoms with Gasteiger partial charge in [-0.1, -0.05) is 16.8 Å². The van der Waals surface area contributed by atoms with Gasteiger partial charge in [-0.3, -0.25) is 0 Å². The van der Waals surface area contributed by atoms with Gasteiger partial charge in [0.1, 0.15) is 5.76 Å². The molecule has 1 aliphatic rings. The summed E-state index contributed by atoms with van der Waals surface area (Å²) in [7, 11) is -3.41. The molecule has 1 aliphatic heterocycles. The number of rotatable bonds is 6. The van der Waals surface area contributed by atoms with Crippen molar-refractivity contribution < 1.29 is 12.9 Å². The van der Waals surface area contributed by atoms with E-state index in [1.807, 2.05) is 24.3 Å². The largest absolute Gasteiger partial charge is 0.371 e. The Morgan fingerprint density at radius 3 is 2.68 bits per heavy atom. The summed E-state index contributed by atoms with van der Waals surface area (Å²) in [6.45, 7) is 5.66. The molecule has 1 fully saturated rings. The van der Waals surface area contributed by atoms with Crippen LogP contribution >= 0.6 is 11.6 Å². The molecule has 0 spiro atoms. The highest BCUT2D eigenvalue weighted by atomic mass is 35.5. The van der Waals surface area contributed by atoms with E-state index < -0.39 is 10.0 Å². The predicted molar refractivity (Wildman–Crippen MR) is 98.4 cm³/mol. The number of nitrogens with one attached hydrogen (secondary N) is 1. The molecule has 0 bridgehead atoms. The summed E-state index contributed by atoms with van der Waals surface area (Å²) in [6.07, 6.45) is 0.955. The number of aromatic nitrogens is 1. The minimum absolute atomic E-state index is 0.0955. The van der Waals surface area contributed by atoms with E-state index in [9.17, 15) is 8.42 Å². The van der Waals surface area contributed by atoms with Crippen molar-refractivity contribution in [1.82, 2.24) is 9.88 Å². The fourth-order valence-corrected chi connectivity index (χ4v) is 4.59. The lowest BCUT2D eigenvalue weighted by atomic mass is 10.1. The van der Waals surface area contributed by atoms with Gasteiger partial charge in [-0.05, 0) is 50.5 Å². The minimum Gasteiger partial charge on any atom is -0.371 e. The molecule has 1 aromatic carbocycles. The number of nitrogens with zero attached hydrogens (tertiary/aromatic N) is 2. The van der Waals surface area contributed by atoms with E-state index in [0.29, 0.717) is 28.6 Å². The van der Waals surface area contributed by atoms with Crippen LogP contribution in [0.1, 0.15) is 23.4 Å². The summed E-state index contributed by atoms with van der Waals surface area (Å²) in [4.78, 5) is 2.25. The maximum Gasteiger partial charge on any atom is 0.215 e. The molecule has 1 unspecified atom stereocenters. The second-order valence-electron chi connectivity index (χ2n) is 6.49. The third kappa shape index (κ3) is 4.54. The second kappa shape index (κ2) is 7.35. The summed E-state index contributed by atoms with van der Waals surface area (Å²) in [5, 5.41) is 4.52. The zero-order valence-corrected chi connectivity index (χ0v) is 15.9. The first-order valence-corrected chi connectivity index (χ1v) is 10.3. The molecule has 1 saturated heterocycles. The Balaban J connectivity index is 1.54. The summed E-state index contributed by atoms with van der Waals surface area (Å²) in [5.41, 5.74) is 2.38. The zero-order chi connectivity index (χ0) is 18.0. The highest BCUT2D eigenvalue weighted by Crippen LogP contribution is 2.25. The zero-order valence-electron chi connectivity index (χ0n) is 14.3. The van der Waals surface area contributed by atoms with Crippen molar-refractivity contribution in [2.24, 2.45) is 5.92 Å². The van der Waals surface area contributed by atoms with E-state index in [1.165, 1.54) is 0 Å². The summed E-state index contributed by atoms with van der Waals surface area (Å²) >= 11 is 5.92. The van der Waals surface area contributed by atoms with Crippen LogP contribution in [0.25, 0.3) is 0 Å². The van der Waals surface area contributed by atoms with Crippen molar-refractivity contribution in [2.75, 3.05) is 24.5 Å². The summed E-state index contributed by atoms with van der Waals surface area (Å²) < 4.78 is 32.4. The number of hydrogen-bond acceptors (Lipinski definition) is 5. The molecule has 2 heterocycles. The van der Waals surface area contributed by atoms with E-state index in [-0.39, 0.29) is 11.7 Å². The van der Waals surface area contributed by atoms with Crippen LogP contribution in [-0.2, 0) is 15.8 Å². The molecule has 3 rings (SSSR count). The topological polar surface area (TPSA) is 75.4 Å². The van der Waals surface area contributed by atoms with Gasteiger partial charge in [0.05, 0.1) is 11.4 Å². The molecule has 6 nitrogen and oxygen atoms in total. The van der Waals surface area contributed by atoms with E-state index in [1.54, 1.807) is 13.8 Å². The minimum atomic E-state index is -3.41. The second-order valence-corrected chi connectivity index (χ2v) is 8.73. The van der Waals surface area contributed by atoms with Crippen LogP contribution in [0.2, 0.25) is 5.02 Å². The lowest BCUT2D eigenvalue weighted by molar-refractivity contribution is 0.392. The van der Waals surface area contributed by atoms with Crippen LogP contribution < -0.4 is 9.62 Å². The predicted octanol–water partition coefficient (Wildman–Crippen LogP) is 2.89. The Morgan fingerprint density at radius 1 is 1.32 bits per heavy atom. The first-order chi connectivity index (χ1) is 11.8. The Hall–Kier alpha value is -1.57. The van der Waals surface area contributed by atoms with E-state index in [2.05, 4.69) is 14.8 Å². The first-order valence-electron chi connectivity index (χ1n) is 8.23. The Labute approximate surface area is 153 Å². The van der Waals surface area contributed by atoms with E-state index >= 15 is 0 Å². The lowest BCUT2D eigenvalue weighted by Gasteiger charge is -2.19. The molecule has 0 amide bonds. The molecule has 25 heavy (non-hydrogen) atoms. The molecule has 0 aliphatic carbocycles. The van der Waals surface area contributed by atoms with E-state index in [0.717, 1.165) is 25.2 Å². The molecule has 0 radical (unpaired) electrons. The third-order valence-electron chi connectivity index (χ3n) is 4.59. The highest BCUT2D eigenvalue weighted by Gasteiger charge is 2.25. The molecule has 8 heteroatoms. The van der Waals surface area contributed by atoms with Crippen molar-refractivity contribution in [2.45, 2.75) is 26.0 Å². The normalized spacial score (nSPS) is 18.0. The van der Waals surface area contributed by atoms with Crippen molar-refractivity contribution in [3.63, 3.8) is 0 Å². The van der Waals surface area contributed by atoms with Crippen molar-refractivity contribution in [3.05, 3.63) is 46.3 Å². The average Bonchev–Trinajstić information content (AvgIpc) is 3.16. The van der Waals surface area contributed by atoms with Crippen molar-refractivity contribution >= 4 is 27.3 Å². The van der Waals surface area contributed by atoms with Crippen LogP contribution in [0.15, 0.2) is 28.8 Å². The molecular formula is C17H22ClN3O3S. The van der Waals surface area contributed by atoms with Gasteiger partial charge in [0.15, 0.2) is 0 Å². The van der Waals surface area contributed by atoms with Gasteiger partial charge >= 0.3 is 0 Å². The van der Waals surface area contributed by atoms with Crippen LogP contribution in [0, 0.1) is 19.8 Å². The number of benzene rings is 1. The van der Waals surface area contributed by atoms with Crippen LogP contribution in [0.5, 0.6) is 0 Å². The Bertz CT molecular complexity index is 814. The number of sulfonamides is 1. The van der Waals surface area contributed by atoms with Crippen molar-refractivity contribution in [3.8, 4) is 0 Å². The van der Waals surface area contributed by atoms with Gasteiger partial charge in [-0.25, -0.2) is 13.1 Å². The quantitative estimate of drug-likeness (QED) is 0.830. The molecule has 1 aromatic heterocycles. The molecular weight excluding hydrogens is 362 g/mol. The van der Waals surface area contributed by atoms with Gasteiger partial charge in [-0.2, -0.15) is 0 Å². The van der Waals surface area contributed by atoms with Gasteiger partial charge in [0.2, 0.25) is 10.0 Å². The number of anilines is 1. The monoisotopic (exact) mass is 383 g/mol. The molecule has 136 valence electrons. The fraction of sp³-hybridized carbons (Fsp3) is 0.471. The van der Waals surface area contributed by atoms with Crippen LogP contribution in [0.3, 0.4) is 0 Å². The Kier molecular flexibility index (Phi) is 5.36. The fourth-order valence-electron chi connectivity index (χ4n) is 3.08. The SMILES string of the molecule is Cc1noc(C)c1CS(=O)(=O)NCC1CCN(c2ccc(Cl)cc2)C1. The summed E-state index contributed by atoms with van der Waals surface area (Å²) in [6, 6.07) is 7.73. The van der Waals surface area contributed by atoms with E-state index in [4.69, 9.17) is 16.1 Å². The van der Waals surface area contributed by atoms with Gasteiger partial charge < -0.3 is 9.42 Å². The average molecular weight is 384 g/mol. The molecule has 0 saturated carbocycles. The summed E-state index contributed by atoms with van der Waals surface area (Å²) in [5.74, 6) is 0.745. The van der Waals surface area contributed by atoms with Crippen LogP contribution in [0.4, 0.5) is 5.69 Å². The highest BCUT2D eigenvalue weighted by molar-refractivity contribution is 7.88. The van der Waals surface area contributed by atoms with Gasteiger partial charge in [0, 0.05) is 35.9 Å². The number of hydrogen-bond donors (Lipinski definition) is 1. The number of aryl methyl sites for hydroxylation is 2. The number of halogens is 1. The van der Waals surface area contributed by atoms with Crippen molar-refractivity contribution in [1.29, 1.82) is 0 Å². The third-order valence-corrected chi connectivity index (χ3v) is 6.11. The first kappa shape index (κ1) is 18.2. The standard InChI is InChI=1S/C17H22ClN3O3S/c1-12-17(13(2)24-20-12)11-25(22,23)19-9-14-7-8-21(10-14)16-5-3-15(18)4-6-16/h3-6,14,19H,7-11H2,1-2H3. The molecule has 1 atom stereocenters. The molecule has 1 N–H and O–H groups in total. The van der Waals surface area contributed by atoms with Crippen LogP contribution in [-0.4, -0.2) is 33.2 Å².